The Morgan fingerprint density at radius 3 is 2.65 bits per heavy atom. The van der Waals surface area contributed by atoms with Gasteiger partial charge < -0.3 is 4.90 Å². The van der Waals surface area contributed by atoms with Crippen molar-refractivity contribution in [3.63, 3.8) is 0 Å². The van der Waals surface area contributed by atoms with Crippen LogP contribution in [0.1, 0.15) is 46.3 Å². The third kappa shape index (κ3) is 3.53. The van der Waals surface area contributed by atoms with E-state index in [1.54, 1.807) is 0 Å². The number of carbonyl (C=O) groups is 1. The molecule has 4 rings (SSSR count). The molecule has 1 aliphatic heterocycles. The lowest BCUT2D eigenvalue weighted by Crippen LogP contribution is -2.40. The van der Waals surface area contributed by atoms with E-state index < -0.39 is 0 Å². The highest BCUT2D eigenvalue weighted by Crippen LogP contribution is 2.26. The highest BCUT2D eigenvalue weighted by atomic mass is 32.1. The van der Waals surface area contributed by atoms with Gasteiger partial charge in [0.05, 0.1) is 5.69 Å². The van der Waals surface area contributed by atoms with Crippen molar-refractivity contribution in [2.45, 2.75) is 45.1 Å². The van der Waals surface area contributed by atoms with Crippen LogP contribution >= 0.6 is 11.5 Å². The summed E-state index contributed by atoms with van der Waals surface area (Å²) in [7, 11) is 0. The summed E-state index contributed by atoms with van der Waals surface area (Å²) < 4.78 is 4.01. The molecular formula is C20H26N4OS. The minimum absolute atomic E-state index is 0.125. The van der Waals surface area contributed by atoms with Gasteiger partial charge in [-0.1, -0.05) is 42.1 Å². The molecule has 0 atom stereocenters. The van der Waals surface area contributed by atoms with E-state index in [-0.39, 0.29) is 5.91 Å². The normalized spacial score (nSPS) is 18.7. The van der Waals surface area contributed by atoms with Crippen molar-refractivity contribution in [3.8, 4) is 0 Å². The maximum atomic E-state index is 13.0. The quantitative estimate of drug-likeness (QED) is 0.830. The van der Waals surface area contributed by atoms with Gasteiger partial charge in [-0.05, 0) is 48.3 Å². The van der Waals surface area contributed by atoms with Gasteiger partial charge in [0.15, 0.2) is 0 Å². The lowest BCUT2D eigenvalue weighted by molar-refractivity contribution is 0.0761. The van der Waals surface area contributed by atoms with Gasteiger partial charge in [0.1, 0.15) is 4.88 Å². The Kier molecular flexibility index (Phi) is 5.31. The molecule has 1 saturated heterocycles. The number of hydrogen-bond acceptors (Lipinski definition) is 5. The Labute approximate surface area is 159 Å². The third-order valence-electron chi connectivity index (χ3n) is 5.60. The number of rotatable bonds is 4. The number of benzene rings is 1. The van der Waals surface area contributed by atoms with Crippen LogP contribution in [0.2, 0.25) is 0 Å². The van der Waals surface area contributed by atoms with Crippen LogP contribution in [0.4, 0.5) is 0 Å². The van der Waals surface area contributed by atoms with Gasteiger partial charge in [0.2, 0.25) is 0 Å². The Hall–Kier alpha value is -1.79. The second-order valence-electron chi connectivity index (χ2n) is 7.31. The standard InChI is InChI=1S/C20H26N4OS/c1-2-6-18-19(26-22-21-18)20(25)24-10-5-9-23(11-12-24)17-13-15-7-3-4-8-16(15)14-17/h3-4,7-8,17H,2,5-6,9-14H2,1H3. The van der Waals surface area contributed by atoms with Gasteiger partial charge >= 0.3 is 0 Å². The summed E-state index contributed by atoms with van der Waals surface area (Å²) in [4.78, 5) is 18.3. The van der Waals surface area contributed by atoms with E-state index in [1.807, 2.05) is 4.90 Å². The van der Waals surface area contributed by atoms with Crippen LogP contribution in [-0.4, -0.2) is 57.5 Å². The topological polar surface area (TPSA) is 49.3 Å². The van der Waals surface area contributed by atoms with Crippen LogP contribution < -0.4 is 0 Å². The second-order valence-corrected chi connectivity index (χ2v) is 8.07. The maximum absolute atomic E-state index is 13.0. The number of nitrogens with zero attached hydrogens (tertiary/aromatic N) is 4. The summed E-state index contributed by atoms with van der Waals surface area (Å²) in [6, 6.07) is 9.38. The molecule has 1 aromatic carbocycles. The molecule has 0 bridgehead atoms. The van der Waals surface area contributed by atoms with E-state index in [0.717, 1.165) is 68.9 Å². The molecule has 26 heavy (non-hydrogen) atoms. The molecular weight excluding hydrogens is 344 g/mol. The molecule has 6 heteroatoms. The number of aryl methyl sites for hydroxylation is 1. The van der Waals surface area contributed by atoms with Gasteiger partial charge in [-0.2, -0.15) is 0 Å². The first-order valence-electron chi connectivity index (χ1n) is 9.67. The molecule has 1 amide bonds. The van der Waals surface area contributed by atoms with Gasteiger partial charge in [-0.25, -0.2) is 0 Å². The zero-order valence-corrected chi connectivity index (χ0v) is 16.2. The van der Waals surface area contributed by atoms with Gasteiger partial charge in [-0.3, -0.25) is 9.69 Å². The molecule has 5 nitrogen and oxygen atoms in total. The molecule has 138 valence electrons. The van der Waals surface area contributed by atoms with Crippen LogP contribution in [0.25, 0.3) is 0 Å². The summed E-state index contributed by atoms with van der Waals surface area (Å²) in [5.74, 6) is 0.125. The van der Waals surface area contributed by atoms with E-state index in [4.69, 9.17) is 0 Å². The molecule has 1 aliphatic carbocycles. The monoisotopic (exact) mass is 370 g/mol. The van der Waals surface area contributed by atoms with Crippen molar-refractivity contribution in [1.29, 1.82) is 0 Å². The zero-order chi connectivity index (χ0) is 17.9. The highest BCUT2D eigenvalue weighted by Gasteiger charge is 2.30. The van der Waals surface area contributed by atoms with Crippen molar-refractivity contribution in [3.05, 3.63) is 46.0 Å². The molecule has 1 fully saturated rings. The number of hydrogen-bond donors (Lipinski definition) is 0. The Balaban J connectivity index is 1.39. The summed E-state index contributed by atoms with van der Waals surface area (Å²) in [5.41, 5.74) is 3.86. The molecule has 2 aromatic rings. The van der Waals surface area contributed by atoms with Crippen LogP contribution in [0, 0.1) is 0 Å². The minimum atomic E-state index is 0.125. The van der Waals surface area contributed by atoms with Crippen molar-refractivity contribution in [1.82, 2.24) is 19.4 Å². The predicted molar refractivity (Wildman–Crippen MR) is 104 cm³/mol. The summed E-state index contributed by atoms with van der Waals surface area (Å²) >= 11 is 1.25. The Bertz CT molecular complexity index is 750. The van der Waals surface area contributed by atoms with Crippen molar-refractivity contribution in [2.75, 3.05) is 26.2 Å². The summed E-state index contributed by atoms with van der Waals surface area (Å²) in [5, 5.41) is 4.16. The molecule has 1 aromatic heterocycles. The van der Waals surface area contributed by atoms with Crippen LogP contribution in [0.5, 0.6) is 0 Å². The molecule has 0 radical (unpaired) electrons. The number of aromatic nitrogens is 2. The van der Waals surface area contributed by atoms with Crippen molar-refractivity contribution in [2.24, 2.45) is 0 Å². The van der Waals surface area contributed by atoms with E-state index in [0.29, 0.717) is 6.04 Å². The first-order valence-corrected chi connectivity index (χ1v) is 10.4. The lowest BCUT2D eigenvalue weighted by atomic mass is 10.1. The summed E-state index contributed by atoms with van der Waals surface area (Å²) in [6.07, 6.45) is 5.14. The molecule has 0 spiro atoms. The SMILES string of the molecule is CCCc1nnsc1C(=O)N1CCCN(C2Cc3ccccc3C2)CC1. The molecule has 2 aliphatic rings. The van der Waals surface area contributed by atoms with Gasteiger partial charge in [-0.15, -0.1) is 5.10 Å². The van der Waals surface area contributed by atoms with Crippen molar-refractivity contribution >= 4 is 17.4 Å². The highest BCUT2D eigenvalue weighted by molar-refractivity contribution is 7.08. The fraction of sp³-hybridized carbons (Fsp3) is 0.550. The molecule has 2 heterocycles. The van der Waals surface area contributed by atoms with Crippen LogP contribution in [0.3, 0.4) is 0 Å². The minimum Gasteiger partial charge on any atom is -0.337 e. The number of carbonyl (C=O) groups excluding carboxylic acids is 1. The molecule has 0 unspecified atom stereocenters. The smallest absolute Gasteiger partial charge is 0.267 e. The van der Waals surface area contributed by atoms with E-state index in [1.165, 1.54) is 22.7 Å². The van der Waals surface area contributed by atoms with E-state index >= 15 is 0 Å². The van der Waals surface area contributed by atoms with Gasteiger partial charge in [0.25, 0.3) is 5.91 Å². The first-order chi connectivity index (χ1) is 12.8. The van der Waals surface area contributed by atoms with E-state index in [9.17, 15) is 4.79 Å². The molecule has 0 saturated carbocycles. The average molecular weight is 371 g/mol. The number of fused-ring (bicyclic) bond motifs is 1. The fourth-order valence-electron chi connectivity index (χ4n) is 4.21. The average Bonchev–Trinajstić information content (AvgIpc) is 3.22. The predicted octanol–water partition coefficient (Wildman–Crippen LogP) is 2.81. The Morgan fingerprint density at radius 1 is 1.15 bits per heavy atom. The summed E-state index contributed by atoms with van der Waals surface area (Å²) in [6.45, 7) is 5.77. The zero-order valence-electron chi connectivity index (χ0n) is 15.4. The largest absolute Gasteiger partial charge is 0.337 e. The molecule has 0 N–H and O–H groups in total. The number of amides is 1. The van der Waals surface area contributed by atoms with Gasteiger partial charge in [0, 0.05) is 32.2 Å². The maximum Gasteiger partial charge on any atom is 0.267 e. The Morgan fingerprint density at radius 2 is 1.92 bits per heavy atom. The second kappa shape index (κ2) is 7.84. The van der Waals surface area contributed by atoms with Crippen LogP contribution in [-0.2, 0) is 19.3 Å². The fourth-order valence-corrected chi connectivity index (χ4v) is 4.89. The van der Waals surface area contributed by atoms with Crippen molar-refractivity contribution < 1.29 is 4.79 Å². The first kappa shape index (κ1) is 17.6. The third-order valence-corrected chi connectivity index (χ3v) is 6.36. The lowest BCUT2D eigenvalue weighted by Gasteiger charge is -2.27. The van der Waals surface area contributed by atoms with E-state index in [2.05, 4.69) is 45.7 Å². The van der Waals surface area contributed by atoms with Crippen LogP contribution in [0.15, 0.2) is 24.3 Å².